The van der Waals surface area contributed by atoms with E-state index in [9.17, 15) is 4.39 Å². The van der Waals surface area contributed by atoms with Crippen molar-refractivity contribution in [3.05, 3.63) is 23.1 Å². The fraction of sp³-hybridized carbons (Fsp3) is 0.308. The van der Waals surface area contributed by atoms with E-state index in [-0.39, 0.29) is 16.3 Å². The van der Waals surface area contributed by atoms with Gasteiger partial charge >= 0.3 is 0 Å². The Morgan fingerprint density at radius 3 is 2.80 bits per heavy atom. The summed E-state index contributed by atoms with van der Waals surface area (Å²) in [6.07, 6.45) is 2.21. The second-order valence-electron chi connectivity index (χ2n) is 4.50. The van der Waals surface area contributed by atoms with Gasteiger partial charge in [-0.15, -0.1) is 0 Å². The second kappa shape index (κ2) is 4.86. The van der Waals surface area contributed by atoms with Crippen LogP contribution in [-0.4, -0.2) is 23.0 Å². The number of nitrogen functional groups attached to an aromatic ring is 1. The molecule has 106 valence electrons. The largest absolute Gasteiger partial charge is 0.489 e. The van der Waals surface area contributed by atoms with Crippen molar-refractivity contribution in [3.8, 4) is 22.6 Å². The van der Waals surface area contributed by atoms with Crippen LogP contribution in [0, 0.1) is 5.82 Å². The molecule has 0 aliphatic carbocycles. The standard InChI is InChI=1S/C13H13ClFN3O2/c1-18-13(16)8(6-17-18)7-5-9-12(10(14)11(7)15)20-4-2-3-19-9/h5-6H,2-4,16H2,1H3. The molecule has 1 aromatic heterocycles. The minimum atomic E-state index is -0.587. The summed E-state index contributed by atoms with van der Waals surface area (Å²) in [4.78, 5) is 0. The molecule has 0 atom stereocenters. The van der Waals surface area contributed by atoms with Crippen molar-refractivity contribution >= 4 is 17.4 Å². The highest BCUT2D eigenvalue weighted by molar-refractivity contribution is 6.32. The van der Waals surface area contributed by atoms with Gasteiger partial charge in [0.15, 0.2) is 17.3 Å². The molecule has 3 rings (SSSR count). The zero-order valence-corrected chi connectivity index (χ0v) is 11.6. The predicted molar refractivity (Wildman–Crippen MR) is 73.6 cm³/mol. The van der Waals surface area contributed by atoms with Crippen LogP contribution >= 0.6 is 11.6 Å². The van der Waals surface area contributed by atoms with Crippen LogP contribution in [0.1, 0.15) is 6.42 Å². The maximum atomic E-state index is 14.4. The first-order valence-corrected chi connectivity index (χ1v) is 6.53. The minimum absolute atomic E-state index is 0.0948. The molecule has 0 bridgehead atoms. The molecule has 1 aliphatic rings. The van der Waals surface area contributed by atoms with Gasteiger partial charge < -0.3 is 15.2 Å². The normalized spacial score (nSPS) is 14.2. The van der Waals surface area contributed by atoms with Crippen molar-refractivity contribution in [3.63, 3.8) is 0 Å². The molecule has 0 fully saturated rings. The third-order valence-corrected chi connectivity index (χ3v) is 3.53. The number of aryl methyl sites for hydroxylation is 1. The Morgan fingerprint density at radius 2 is 2.10 bits per heavy atom. The van der Waals surface area contributed by atoms with Gasteiger partial charge in [-0.25, -0.2) is 4.39 Å². The second-order valence-corrected chi connectivity index (χ2v) is 4.87. The Kier molecular flexibility index (Phi) is 3.17. The molecule has 1 aliphatic heterocycles. The molecule has 20 heavy (non-hydrogen) atoms. The van der Waals surface area contributed by atoms with Crippen molar-refractivity contribution in [2.75, 3.05) is 18.9 Å². The number of rotatable bonds is 1. The van der Waals surface area contributed by atoms with Crippen LogP contribution < -0.4 is 15.2 Å². The number of anilines is 1. The molecular formula is C13H13ClFN3O2. The first-order chi connectivity index (χ1) is 9.59. The zero-order chi connectivity index (χ0) is 14.3. The molecule has 1 aromatic carbocycles. The molecule has 7 heteroatoms. The SMILES string of the molecule is Cn1ncc(-c2cc3c(c(Cl)c2F)OCCCO3)c1N. The van der Waals surface area contributed by atoms with Crippen LogP contribution in [0.4, 0.5) is 10.2 Å². The summed E-state index contributed by atoms with van der Waals surface area (Å²) >= 11 is 6.05. The molecule has 0 saturated carbocycles. The average molecular weight is 298 g/mol. The van der Waals surface area contributed by atoms with Gasteiger partial charge in [0.2, 0.25) is 0 Å². The van der Waals surface area contributed by atoms with Crippen molar-refractivity contribution in [2.24, 2.45) is 7.05 Å². The number of aromatic nitrogens is 2. The van der Waals surface area contributed by atoms with E-state index in [1.165, 1.54) is 10.9 Å². The lowest BCUT2D eigenvalue weighted by Crippen LogP contribution is -2.00. The van der Waals surface area contributed by atoms with Crippen molar-refractivity contribution < 1.29 is 13.9 Å². The summed E-state index contributed by atoms with van der Waals surface area (Å²) in [5.74, 6) is 0.435. The Hall–Kier alpha value is -1.95. The molecule has 0 saturated heterocycles. The van der Waals surface area contributed by atoms with Crippen LogP contribution in [-0.2, 0) is 7.05 Å². The summed E-state index contributed by atoms with van der Waals surface area (Å²) < 4.78 is 26.9. The van der Waals surface area contributed by atoms with Gasteiger partial charge in [0.05, 0.1) is 19.4 Å². The van der Waals surface area contributed by atoms with E-state index in [1.54, 1.807) is 13.1 Å². The maximum Gasteiger partial charge on any atom is 0.182 e. The third-order valence-electron chi connectivity index (χ3n) is 3.20. The number of fused-ring (bicyclic) bond motifs is 1. The maximum absolute atomic E-state index is 14.4. The summed E-state index contributed by atoms with van der Waals surface area (Å²) in [6, 6.07) is 1.55. The quantitative estimate of drug-likeness (QED) is 0.879. The molecule has 0 amide bonds. The molecule has 0 spiro atoms. The van der Waals surface area contributed by atoms with E-state index in [2.05, 4.69) is 5.10 Å². The number of nitrogens with two attached hydrogens (primary N) is 1. The summed E-state index contributed by atoms with van der Waals surface area (Å²) in [5.41, 5.74) is 6.61. The van der Waals surface area contributed by atoms with Gasteiger partial charge in [-0.3, -0.25) is 4.68 Å². The number of hydrogen-bond acceptors (Lipinski definition) is 4. The van der Waals surface area contributed by atoms with Crippen molar-refractivity contribution in [1.82, 2.24) is 9.78 Å². The van der Waals surface area contributed by atoms with E-state index in [0.717, 1.165) is 6.42 Å². The number of benzene rings is 1. The minimum Gasteiger partial charge on any atom is -0.489 e. The molecular weight excluding hydrogens is 285 g/mol. The lowest BCUT2D eigenvalue weighted by Gasteiger charge is -2.13. The van der Waals surface area contributed by atoms with Gasteiger partial charge in [-0.05, 0) is 6.07 Å². The summed E-state index contributed by atoms with van der Waals surface area (Å²) in [5, 5.41) is 3.91. The highest BCUT2D eigenvalue weighted by Crippen LogP contribution is 2.44. The van der Waals surface area contributed by atoms with E-state index < -0.39 is 5.82 Å². The fourth-order valence-electron chi connectivity index (χ4n) is 2.09. The molecule has 0 radical (unpaired) electrons. The topological polar surface area (TPSA) is 62.3 Å². The van der Waals surface area contributed by atoms with Crippen LogP contribution in [0.5, 0.6) is 11.5 Å². The van der Waals surface area contributed by atoms with Crippen molar-refractivity contribution in [1.29, 1.82) is 0 Å². The van der Waals surface area contributed by atoms with Crippen LogP contribution in [0.15, 0.2) is 12.3 Å². The molecule has 2 aromatic rings. The first kappa shape index (κ1) is 13.1. The monoisotopic (exact) mass is 297 g/mol. The molecule has 0 unspecified atom stereocenters. The molecule has 5 nitrogen and oxygen atoms in total. The highest BCUT2D eigenvalue weighted by atomic mass is 35.5. The van der Waals surface area contributed by atoms with E-state index in [4.69, 9.17) is 26.8 Å². The Balaban J connectivity index is 2.20. The zero-order valence-electron chi connectivity index (χ0n) is 10.8. The summed E-state index contributed by atoms with van der Waals surface area (Å²) in [7, 11) is 1.68. The van der Waals surface area contributed by atoms with Gasteiger partial charge in [-0.2, -0.15) is 5.10 Å². The summed E-state index contributed by atoms with van der Waals surface area (Å²) in [6.45, 7) is 0.942. The first-order valence-electron chi connectivity index (χ1n) is 6.15. The number of hydrogen-bond donors (Lipinski definition) is 1. The number of nitrogens with zero attached hydrogens (tertiary/aromatic N) is 2. The Bertz CT molecular complexity index is 672. The molecule has 2 heterocycles. The Labute approximate surface area is 120 Å². The van der Waals surface area contributed by atoms with E-state index in [1.807, 2.05) is 0 Å². The van der Waals surface area contributed by atoms with Crippen LogP contribution in [0.2, 0.25) is 5.02 Å². The molecule has 2 N–H and O–H groups in total. The highest BCUT2D eigenvalue weighted by Gasteiger charge is 2.23. The number of halogens is 2. The Morgan fingerprint density at radius 1 is 1.35 bits per heavy atom. The third kappa shape index (κ3) is 1.96. The van der Waals surface area contributed by atoms with Gasteiger partial charge in [0, 0.05) is 24.6 Å². The average Bonchev–Trinajstić information content (AvgIpc) is 2.67. The fourth-order valence-corrected chi connectivity index (χ4v) is 2.34. The van der Waals surface area contributed by atoms with Crippen LogP contribution in [0.3, 0.4) is 0 Å². The lowest BCUT2D eigenvalue weighted by molar-refractivity contribution is 0.297. The van der Waals surface area contributed by atoms with E-state index in [0.29, 0.717) is 30.3 Å². The van der Waals surface area contributed by atoms with Crippen molar-refractivity contribution in [2.45, 2.75) is 6.42 Å². The van der Waals surface area contributed by atoms with Gasteiger partial charge in [0.1, 0.15) is 10.8 Å². The van der Waals surface area contributed by atoms with Crippen LogP contribution in [0.25, 0.3) is 11.1 Å². The van der Waals surface area contributed by atoms with Gasteiger partial charge in [0.25, 0.3) is 0 Å². The smallest absolute Gasteiger partial charge is 0.182 e. The lowest BCUT2D eigenvalue weighted by atomic mass is 10.1. The van der Waals surface area contributed by atoms with Gasteiger partial charge in [-0.1, -0.05) is 11.6 Å². The van der Waals surface area contributed by atoms with E-state index >= 15 is 0 Å². The predicted octanol–water partition coefficient (Wildman–Crippen LogP) is 2.62. The number of ether oxygens (including phenoxy) is 2.